The van der Waals surface area contributed by atoms with Crippen LogP contribution in [-0.2, 0) is 6.42 Å². The topological polar surface area (TPSA) is 68.1 Å². The number of halogens is 2. The third kappa shape index (κ3) is 3.51. The molecule has 0 saturated carbocycles. The van der Waals surface area contributed by atoms with Crippen LogP contribution in [0, 0.1) is 15.9 Å². The lowest BCUT2D eigenvalue weighted by Gasteiger charge is -2.08. The first-order valence-electron chi connectivity index (χ1n) is 5.84. The smallest absolute Gasteiger partial charge is 0.295 e. The Hall–Kier alpha value is -2.02. The highest BCUT2D eigenvalue weighted by atomic mass is 79.9. The average molecular weight is 340 g/mol. The molecule has 0 fully saturated rings. The van der Waals surface area contributed by atoms with Gasteiger partial charge in [0.1, 0.15) is 11.5 Å². The molecular weight excluding hydrogens is 329 g/mol. The third-order valence-electron chi connectivity index (χ3n) is 2.71. The molecular formula is C13H11BrFN3O2. The molecule has 0 saturated heterocycles. The SMILES string of the molecule is O=[N+]([O-])c1cc(F)c(Br)cc1NCCc1ccncc1. The number of nitrogens with one attached hydrogen (secondary N) is 1. The number of benzene rings is 1. The number of pyridine rings is 1. The first-order chi connectivity index (χ1) is 9.58. The van der Waals surface area contributed by atoms with E-state index in [1.54, 1.807) is 12.4 Å². The predicted molar refractivity (Wildman–Crippen MR) is 77.2 cm³/mol. The Labute approximate surface area is 123 Å². The van der Waals surface area contributed by atoms with Gasteiger partial charge in [-0.3, -0.25) is 15.1 Å². The fourth-order valence-electron chi connectivity index (χ4n) is 1.72. The lowest BCUT2D eigenvalue weighted by atomic mass is 10.2. The Morgan fingerprint density at radius 1 is 1.35 bits per heavy atom. The normalized spacial score (nSPS) is 10.3. The van der Waals surface area contributed by atoms with E-state index in [0.29, 0.717) is 13.0 Å². The van der Waals surface area contributed by atoms with Gasteiger partial charge in [0.25, 0.3) is 5.69 Å². The van der Waals surface area contributed by atoms with Crippen LogP contribution in [0.2, 0.25) is 0 Å². The summed E-state index contributed by atoms with van der Waals surface area (Å²) < 4.78 is 13.5. The zero-order chi connectivity index (χ0) is 14.5. The van der Waals surface area contributed by atoms with E-state index in [4.69, 9.17) is 0 Å². The first-order valence-corrected chi connectivity index (χ1v) is 6.63. The molecule has 0 aliphatic heterocycles. The van der Waals surface area contributed by atoms with Gasteiger partial charge in [0.15, 0.2) is 0 Å². The zero-order valence-electron chi connectivity index (χ0n) is 10.3. The maximum Gasteiger partial charge on any atom is 0.295 e. The Morgan fingerprint density at radius 2 is 2.05 bits per heavy atom. The second-order valence-electron chi connectivity index (χ2n) is 4.07. The molecule has 104 valence electrons. The van der Waals surface area contributed by atoms with Crippen molar-refractivity contribution in [3.8, 4) is 0 Å². The fraction of sp³-hybridized carbons (Fsp3) is 0.154. The number of hydrogen-bond donors (Lipinski definition) is 1. The largest absolute Gasteiger partial charge is 0.379 e. The zero-order valence-corrected chi connectivity index (χ0v) is 11.9. The van der Waals surface area contributed by atoms with Gasteiger partial charge in [-0.25, -0.2) is 4.39 Å². The van der Waals surface area contributed by atoms with E-state index in [-0.39, 0.29) is 15.8 Å². The van der Waals surface area contributed by atoms with Gasteiger partial charge in [0, 0.05) is 18.9 Å². The van der Waals surface area contributed by atoms with Crippen LogP contribution in [0.15, 0.2) is 41.1 Å². The molecule has 1 aromatic heterocycles. The number of hydrogen-bond acceptors (Lipinski definition) is 4. The second-order valence-corrected chi connectivity index (χ2v) is 4.93. The van der Waals surface area contributed by atoms with Gasteiger partial charge in [-0.05, 0) is 46.1 Å². The van der Waals surface area contributed by atoms with E-state index in [1.165, 1.54) is 6.07 Å². The number of nitro benzene ring substituents is 1. The Kier molecular flexibility index (Phi) is 4.62. The molecule has 7 heteroatoms. The number of aromatic nitrogens is 1. The molecule has 0 radical (unpaired) electrons. The molecule has 20 heavy (non-hydrogen) atoms. The summed E-state index contributed by atoms with van der Waals surface area (Å²) in [5, 5.41) is 13.8. The van der Waals surface area contributed by atoms with Crippen molar-refractivity contribution in [3.05, 3.63) is 62.6 Å². The molecule has 2 rings (SSSR count). The Morgan fingerprint density at radius 3 is 2.70 bits per heavy atom. The molecule has 0 bridgehead atoms. The van der Waals surface area contributed by atoms with Crippen LogP contribution in [0.1, 0.15) is 5.56 Å². The molecule has 1 aromatic carbocycles. The van der Waals surface area contributed by atoms with Crippen LogP contribution in [0.3, 0.4) is 0 Å². The van der Waals surface area contributed by atoms with Crippen molar-refractivity contribution in [3.63, 3.8) is 0 Å². The van der Waals surface area contributed by atoms with Crippen LogP contribution in [0.5, 0.6) is 0 Å². The minimum atomic E-state index is -0.656. The molecule has 5 nitrogen and oxygen atoms in total. The average Bonchev–Trinajstić information content (AvgIpc) is 2.43. The van der Waals surface area contributed by atoms with Gasteiger partial charge < -0.3 is 5.32 Å². The molecule has 0 aliphatic carbocycles. The second kappa shape index (κ2) is 6.42. The molecule has 0 atom stereocenters. The summed E-state index contributed by atoms with van der Waals surface area (Å²) in [6.07, 6.45) is 4.06. The van der Waals surface area contributed by atoms with Crippen LogP contribution >= 0.6 is 15.9 Å². The van der Waals surface area contributed by atoms with E-state index in [0.717, 1.165) is 11.6 Å². The summed E-state index contributed by atoms with van der Waals surface area (Å²) in [4.78, 5) is 14.2. The Bertz CT molecular complexity index is 623. The van der Waals surface area contributed by atoms with Gasteiger partial charge in [-0.1, -0.05) is 0 Å². The highest BCUT2D eigenvalue weighted by Crippen LogP contribution is 2.30. The van der Waals surface area contributed by atoms with Gasteiger partial charge in [0.05, 0.1) is 15.5 Å². The number of rotatable bonds is 5. The van der Waals surface area contributed by atoms with E-state index >= 15 is 0 Å². The number of nitrogens with zero attached hydrogens (tertiary/aromatic N) is 2. The molecule has 2 aromatic rings. The molecule has 0 amide bonds. The van der Waals surface area contributed by atoms with Crippen molar-refractivity contribution in [2.45, 2.75) is 6.42 Å². The van der Waals surface area contributed by atoms with Gasteiger partial charge in [-0.2, -0.15) is 0 Å². The lowest BCUT2D eigenvalue weighted by Crippen LogP contribution is -2.07. The summed E-state index contributed by atoms with van der Waals surface area (Å²) >= 11 is 3.02. The van der Waals surface area contributed by atoms with Crippen LogP contribution in [0.4, 0.5) is 15.8 Å². The van der Waals surface area contributed by atoms with Gasteiger partial charge in [-0.15, -0.1) is 0 Å². The van der Waals surface area contributed by atoms with Gasteiger partial charge in [0.2, 0.25) is 0 Å². The van der Waals surface area contributed by atoms with Crippen molar-refractivity contribution in [2.24, 2.45) is 0 Å². The van der Waals surface area contributed by atoms with E-state index in [9.17, 15) is 14.5 Å². The van der Waals surface area contributed by atoms with Crippen molar-refractivity contribution in [2.75, 3.05) is 11.9 Å². The first kappa shape index (κ1) is 14.4. The van der Waals surface area contributed by atoms with E-state index in [2.05, 4.69) is 26.2 Å². The van der Waals surface area contributed by atoms with E-state index in [1.807, 2.05) is 12.1 Å². The molecule has 1 heterocycles. The predicted octanol–water partition coefficient (Wildman–Crippen LogP) is 3.55. The highest BCUT2D eigenvalue weighted by Gasteiger charge is 2.17. The van der Waals surface area contributed by atoms with Crippen molar-refractivity contribution in [1.29, 1.82) is 0 Å². The van der Waals surface area contributed by atoms with E-state index < -0.39 is 10.7 Å². The van der Waals surface area contributed by atoms with Crippen LogP contribution in [0.25, 0.3) is 0 Å². The summed E-state index contributed by atoms with van der Waals surface area (Å²) in [5.74, 6) is -0.656. The standard InChI is InChI=1S/C13H11BrFN3O2/c14-10-7-12(13(18(19)20)8-11(10)15)17-6-3-9-1-4-16-5-2-9/h1-2,4-5,7-8,17H,3,6H2. The van der Waals surface area contributed by atoms with Crippen molar-refractivity contribution >= 4 is 27.3 Å². The molecule has 0 aliphatic rings. The number of anilines is 1. The van der Waals surface area contributed by atoms with Crippen molar-refractivity contribution < 1.29 is 9.31 Å². The summed E-state index contributed by atoms with van der Waals surface area (Å²) in [6, 6.07) is 6.02. The summed E-state index contributed by atoms with van der Waals surface area (Å²) in [7, 11) is 0. The number of nitro groups is 1. The lowest BCUT2D eigenvalue weighted by molar-refractivity contribution is -0.384. The maximum atomic E-state index is 13.3. The minimum absolute atomic E-state index is 0.189. The summed E-state index contributed by atoms with van der Waals surface area (Å²) in [5.41, 5.74) is 1.08. The minimum Gasteiger partial charge on any atom is -0.379 e. The molecule has 0 spiro atoms. The maximum absolute atomic E-state index is 13.3. The van der Waals surface area contributed by atoms with Crippen molar-refractivity contribution in [1.82, 2.24) is 4.98 Å². The van der Waals surface area contributed by atoms with Gasteiger partial charge >= 0.3 is 0 Å². The summed E-state index contributed by atoms with van der Waals surface area (Å²) in [6.45, 7) is 0.503. The fourth-order valence-corrected chi connectivity index (χ4v) is 2.06. The monoisotopic (exact) mass is 339 g/mol. The van der Waals surface area contributed by atoms with Crippen LogP contribution in [-0.4, -0.2) is 16.5 Å². The molecule has 0 unspecified atom stereocenters. The quantitative estimate of drug-likeness (QED) is 0.668. The highest BCUT2D eigenvalue weighted by molar-refractivity contribution is 9.10. The Balaban J connectivity index is 2.09. The third-order valence-corrected chi connectivity index (χ3v) is 3.32. The van der Waals surface area contributed by atoms with Crippen LogP contribution < -0.4 is 5.32 Å². The molecule has 1 N–H and O–H groups in total.